The van der Waals surface area contributed by atoms with Crippen molar-refractivity contribution in [2.24, 2.45) is 4.99 Å². The van der Waals surface area contributed by atoms with E-state index >= 15 is 0 Å². The van der Waals surface area contributed by atoms with Crippen molar-refractivity contribution in [1.82, 2.24) is 0 Å². The molecule has 1 aromatic carbocycles. The van der Waals surface area contributed by atoms with E-state index < -0.39 is 10.5 Å². The Morgan fingerprint density at radius 1 is 1.40 bits per heavy atom. The topological polar surface area (TPSA) is 72.6 Å². The van der Waals surface area contributed by atoms with Gasteiger partial charge < -0.3 is 0 Å². The van der Waals surface area contributed by atoms with Crippen molar-refractivity contribution < 1.29 is 9.72 Å². The third-order valence-electron chi connectivity index (χ3n) is 2.09. The molecule has 0 fully saturated rings. The molecule has 0 aliphatic heterocycles. The summed E-state index contributed by atoms with van der Waals surface area (Å²) < 4.78 is 0. The summed E-state index contributed by atoms with van der Waals surface area (Å²) in [5, 5.41) is 10.7. The fraction of sp³-hybridized carbons (Fsp3) is 0.300. The lowest BCUT2D eigenvalue weighted by Gasteiger charge is -2.17. The third kappa shape index (κ3) is 2.27. The molecular formula is C10H10N2O3. The van der Waals surface area contributed by atoms with Gasteiger partial charge in [0.25, 0.3) is 5.69 Å². The maximum Gasteiger partial charge on any atom is 0.275 e. The van der Waals surface area contributed by atoms with Crippen molar-refractivity contribution in [3.8, 4) is 0 Å². The molecule has 78 valence electrons. The summed E-state index contributed by atoms with van der Waals surface area (Å²) in [6, 6.07) is 6.21. The van der Waals surface area contributed by atoms with E-state index in [4.69, 9.17) is 0 Å². The van der Waals surface area contributed by atoms with Crippen molar-refractivity contribution in [1.29, 1.82) is 0 Å². The largest absolute Gasteiger partial charge is 0.275 e. The molecular weight excluding hydrogens is 196 g/mol. The molecule has 0 radical (unpaired) electrons. The second-order valence-corrected chi connectivity index (χ2v) is 3.54. The highest BCUT2D eigenvalue weighted by Gasteiger charge is 2.27. The molecule has 0 saturated carbocycles. The van der Waals surface area contributed by atoms with Gasteiger partial charge in [-0.1, -0.05) is 12.1 Å². The van der Waals surface area contributed by atoms with Crippen molar-refractivity contribution in [2.45, 2.75) is 19.4 Å². The molecule has 0 saturated heterocycles. The number of para-hydroxylation sites is 1. The van der Waals surface area contributed by atoms with Crippen LogP contribution in [0.5, 0.6) is 0 Å². The van der Waals surface area contributed by atoms with Gasteiger partial charge in [0.15, 0.2) is 0 Å². The van der Waals surface area contributed by atoms with Crippen LogP contribution in [0.25, 0.3) is 0 Å². The minimum Gasteiger partial charge on any atom is -0.258 e. The van der Waals surface area contributed by atoms with E-state index in [-0.39, 0.29) is 5.69 Å². The number of hydrogen-bond acceptors (Lipinski definition) is 4. The van der Waals surface area contributed by atoms with Gasteiger partial charge >= 0.3 is 0 Å². The van der Waals surface area contributed by atoms with Crippen LogP contribution in [-0.4, -0.2) is 11.0 Å². The number of hydrogen-bond donors (Lipinski definition) is 0. The standard InChI is InChI=1S/C10H10N2O3/c1-10(2,11-7-13)8-5-3-4-6-9(8)12(14)15/h3-6H,1-2H3. The van der Waals surface area contributed by atoms with Gasteiger partial charge in [-0.2, -0.15) is 4.99 Å². The average Bonchev–Trinajstić information content (AvgIpc) is 2.17. The van der Waals surface area contributed by atoms with Gasteiger partial charge in [0.2, 0.25) is 6.08 Å². The normalized spacial score (nSPS) is 10.5. The molecule has 5 nitrogen and oxygen atoms in total. The van der Waals surface area contributed by atoms with Crippen LogP contribution >= 0.6 is 0 Å². The first kappa shape index (κ1) is 11.1. The van der Waals surface area contributed by atoms with Gasteiger partial charge in [0, 0.05) is 6.07 Å². The number of rotatable bonds is 3. The summed E-state index contributed by atoms with van der Waals surface area (Å²) in [4.78, 5) is 24.0. The molecule has 0 atom stereocenters. The van der Waals surface area contributed by atoms with Crippen LogP contribution in [0, 0.1) is 10.1 Å². The first-order valence-corrected chi connectivity index (χ1v) is 4.32. The van der Waals surface area contributed by atoms with Gasteiger partial charge in [-0.3, -0.25) is 10.1 Å². The van der Waals surface area contributed by atoms with E-state index in [0.29, 0.717) is 5.56 Å². The lowest BCUT2D eigenvalue weighted by molar-refractivity contribution is -0.386. The Kier molecular flexibility index (Phi) is 2.97. The second-order valence-electron chi connectivity index (χ2n) is 3.54. The number of isocyanates is 1. The fourth-order valence-corrected chi connectivity index (χ4v) is 1.32. The molecule has 0 heterocycles. The highest BCUT2D eigenvalue weighted by Crippen LogP contribution is 2.31. The third-order valence-corrected chi connectivity index (χ3v) is 2.09. The number of aliphatic imine (C=N–C) groups is 1. The summed E-state index contributed by atoms with van der Waals surface area (Å²) >= 11 is 0. The summed E-state index contributed by atoms with van der Waals surface area (Å²) in [5.74, 6) is 0. The van der Waals surface area contributed by atoms with E-state index in [2.05, 4.69) is 4.99 Å². The van der Waals surface area contributed by atoms with Crippen LogP contribution in [0.2, 0.25) is 0 Å². The Labute approximate surface area is 86.6 Å². The number of nitro benzene ring substituents is 1. The molecule has 0 spiro atoms. The van der Waals surface area contributed by atoms with E-state index in [1.165, 1.54) is 12.1 Å². The summed E-state index contributed by atoms with van der Waals surface area (Å²) in [6.45, 7) is 3.25. The van der Waals surface area contributed by atoms with Crippen LogP contribution in [-0.2, 0) is 10.3 Å². The number of benzene rings is 1. The zero-order valence-electron chi connectivity index (χ0n) is 8.43. The van der Waals surface area contributed by atoms with Gasteiger partial charge in [0.1, 0.15) is 0 Å². The molecule has 0 aromatic heterocycles. The van der Waals surface area contributed by atoms with Crippen LogP contribution in [0.15, 0.2) is 29.3 Å². The Morgan fingerprint density at radius 2 is 2.00 bits per heavy atom. The smallest absolute Gasteiger partial charge is 0.258 e. The minimum absolute atomic E-state index is 0.0403. The molecule has 0 amide bonds. The Bertz CT molecular complexity index is 434. The quantitative estimate of drug-likeness (QED) is 0.329. The summed E-state index contributed by atoms with van der Waals surface area (Å²) in [7, 11) is 0. The minimum atomic E-state index is -0.925. The van der Waals surface area contributed by atoms with Crippen molar-refractivity contribution in [3.05, 3.63) is 39.9 Å². The molecule has 15 heavy (non-hydrogen) atoms. The number of nitrogens with zero attached hydrogens (tertiary/aromatic N) is 2. The first-order chi connectivity index (χ1) is 6.99. The van der Waals surface area contributed by atoms with Crippen molar-refractivity contribution in [3.63, 3.8) is 0 Å². The lowest BCUT2D eigenvalue weighted by atomic mass is 9.93. The zero-order chi connectivity index (χ0) is 11.5. The molecule has 0 aliphatic carbocycles. The monoisotopic (exact) mass is 206 g/mol. The van der Waals surface area contributed by atoms with Gasteiger partial charge in [-0.05, 0) is 19.9 Å². The highest BCUT2D eigenvalue weighted by atomic mass is 16.6. The number of carbonyl (C=O) groups excluding carboxylic acids is 1. The van der Waals surface area contributed by atoms with Gasteiger partial charge in [-0.15, -0.1) is 0 Å². The first-order valence-electron chi connectivity index (χ1n) is 4.32. The molecule has 0 unspecified atom stereocenters. The van der Waals surface area contributed by atoms with E-state index in [0.717, 1.165) is 0 Å². The van der Waals surface area contributed by atoms with Crippen LogP contribution in [0.4, 0.5) is 5.69 Å². The molecule has 0 aliphatic rings. The van der Waals surface area contributed by atoms with Crippen molar-refractivity contribution >= 4 is 11.8 Å². The predicted octanol–water partition coefficient (Wildman–Crippen LogP) is 2.17. The molecule has 5 heteroatoms. The molecule has 1 aromatic rings. The highest BCUT2D eigenvalue weighted by molar-refractivity contribution is 5.46. The van der Waals surface area contributed by atoms with Crippen LogP contribution in [0.1, 0.15) is 19.4 Å². The van der Waals surface area contributed by atoms with Gasteiger partial charge in [-0.25, -0.2) is 4.79 Å². The van der Waals surface area contributed by atoms with Crippen molar-refractivity contribution in [2.75, 3.05) is 0 Å². The molecule has 0 N–H and O–H groups in total. The second kappa shape index (κ2) is 4.02. The van der Waals surface area contributed by atoms with Crippen LogP contribution < -0.4 is 0 Å². The average molecular weight is 206 g/mol. The molecule has 0 bridgehead atoms. The SMILES string of the molecule is CC(C)(N=C=O)c1ccccc1[N+](=O)[O-]. The maximum absolute atomic E-state index is 10.7. The molecule has 1 rings (SSSR count). The van der Waals surface area contributed by atoms with Crippen LogP contribution in [0.3, 0.4) is 0 Å². The predicted molar refractivity (Wildman–Crippen MR) is 54.2 cm³/mol. The fourth-order valence-electron chi connectivity index (χ4n) is 1.32. The van der Waals surface area contributed by atoms with Gasteiger partial charge in [0.05, 0.1) is 16.0 Å². The van der Waals surface area contributed by atoms with E-state index in [1.54, 1.807) is 32.0 Å². The maximum atomic E-state index is 10.7. The van der Waals surface area contributed by atoms with E-state index in [9.17, 15) is 14.9 Å². The lowest BCUT2D eigenvalue weighted by Crippen LogP contribution is -2.15. The summed E-state index contributed by atoms with van der Waals surface area (Å²) in [6.07, 6.45) is 1.43. The number of nitro groups is 1. The Morgan fingerprint density at radius 3 is 2.53 bits per heavy atom. The Hall–Kier alpha value is -2.00. The summed E-state index contributed by atoms with van der Waals surface area (Å²) in [5.41, 5.74) is -0.564. The Balaban J connectivity index is 3.36. The van der Waals surface area contributed by atoms with E-state index in [1.807, 2.05) is 0 Å². The zero-order valence-corrected chi connectivity index (χ0v) is 8.43.